The summed E-state index contributed by atoms with van der Waals surface area (Å²) < 4.78 is 15.7. The number of carbonyl (C=O) groups is 4. The second-order valence-electron chi connectivity index (χ2n) is 9.44. The lowest BCUT2D eigenvalue weighted by molar-refractivity contribution is -0.160. The molecular formula is C24H41NO7. The molecule has 0 aromatic rings. The number of hydrogen-bond acceptors (Lipinski definition) is 7. The zero-order valence-electron chi connectivity index (χ0n) is 20.6. The van der Waals surface area contributed by atoms with E-state index in [-0.39, 0.29) is 49.4 Å². The second-order valence-corrected chi connectivity index (χ2v) is 9.44. The van der Waals surface area contributed by atoms with Crippen molar-refractivity contribution < 1.29 is 33.4 Å². The number of nitrogens with zero attached hydrogens (tertiary/aromatic N) is 1. The van der Waals surface area contributed by atoms with Gasteiger partial charge in [-0.2, -0.15) is 0 Å². The summed E-state index contributed by atoms with van der Waals surface area (Å²) in [6, 6.07) is 0.00654. The van der Waals surface area contributed by atoms with Crippen LogP contribution >= 0.6 is 0 Å². The Kier molecular flexibility index (Phi) is 11.9. The zero-order chi connectivity index (χ0) is 24.3. The van der Waals surface area contributed by atoms with Crippen LogP contribution in [0.15, 0.2) is 0 Å². The highest BCUT2D eigenvalue weighted by Gasteiger charge is 2.35. The van der Waals surface area contributed by atoms with Crippen LogP contribution in [0.3, 0.4) is 0 Å². The van der Waals surface area contributed by atoms with Crippen LogP contribution in [0.5, 0.6) is 0 Å². The molecule has 0 aliphatic carbocycles. The van der Waals surface area contributed by atoms with Crippen molar-refractivity contribution in [1.82, 2.24) is 4.90 Å². The Morgan fingerprint density at radius 2 is 1.75 bits per heavy atom. The average Bonchev–Trinajstić information content (AvgIpc) is 2.95. The zero-order valence-corrected chi connectivity index (χ0v) is 20.6. The molecule has 0 saturated carbocycles. The van der Waals surface area contributed by atoms with Crippen molar-refractivity contribution in [2.45, 2.75) is 92.2 Å². The van der Waals surface area contributed by atoms with E-state index >= 15 is 0 Å². The number of amides is 1. The minimum Gasteiger partial charge on any atom is -0.463 e. The van der Waals surface area contributed by atoms with Crippen LogP contribution in [-0.2, 0) is 33.4 Å². The quantitative estimate of drug-likeness (QED) is 0.310. The Labute approximate surface area is 192 Å². The number of Topliss-reactive ketones (excluding diaryl/α,β-unsaturated/α-hetero) is 1. The molecule has 1 aliphatic heterocycles. The van der Waals surface area contributed by atoms with E-state index in [0.717, 1.165) is 32.2 Å². The van der Waals surface area contributed by atoms with E-state index in [4.69, 9.17) is 14.2 Å². The first-order valence-electron chi connectivity index (χ1n) is 11.8. The van der Waals surface area contributed by atoms with Gasteiger partial charge in [0.2, 0.25) is 5.91 Å². The predicted octanol–water partition coefficient (Wildman–Crippen LogP) is 3.30. The first-order valence-corrected chi connectivity index (χ1v) is 11.8. The molecule has 1 saturated heterocycles. The van der Waals surface area contributed by atoms with Crippen molar-refractivity contribution in [3.63, 3.8) is 0 Å². The van der Waals surface area contributed by atoms with Gasteiger partial charge in [-0.25, -0.2) is 0 Å². The summed E-state index contributed by atoms with van der Waals surface area (Å²) >= 11 is 0. The van der Waals surface area contributed by atoms with E-state index in [1.54, 1.807) is 13.8 Å². The summed E-state index contributed by atoms with van der Waals surface area (Å²) in [5.41, 5.74) is -0.747. The number of hydrogen-bond donors (Lipinski definition) is 0. The lowest BCUT2D eigenvalue weighted by Crippen LogP contribution is -2.44. The molecule has 1 aliphatic rings. The van der Waals surface area contributed by atoms with Gasteiger partial charge in [0, 0.05) is 19.0 Å². The smallest absolute Gasteiger partial charge is 0.311 e. The molecule has 0 N–H and O–H groups in total. The minimum atomic E-state index is -0.876. The lowest BCUT2D eigenvalue weighted by Gasteiger charge is -2.35. The van der Waals surface area contributed by atoms with Gasteiger partial charge < -0.3 is 19.1 Å². The highest BCUT2D eigenvalue weighted by molar-refractivity contribution is 5.86. The number of esters is 2. The highest BCUT2D eigenvalue weighted by atomic mass is 16.6. The SMILES string of the molecule is CCC(CC(C)(C)C(=O)OCCOCC(=O)C(C)OC(=O)C(C)C)N1CCCCCC1=O. The standard InChI is InChI=1S/C24H41NO7/c1-7-19(25-12-10-8-9-11-21(25)27)15-24(5,6)23(29)31-14-13-30-16-20(26)18(4)32-22(28)17(2)3/h17-19H,7-16H2,1-6H3. The Morgan fingerprint density at radius 1 is 1.06 bits per heavy atom. The molecule has 0 aromatic heterocycles. The van der Waals surface area contributed by atoms with Crippen LogP contribution < -0.4 is 0 Å². The maximum Gasteiger partial charge on any atom is 0.311 e. The van der Waals surface area contributed by atoms with E-state index in [1.165, 1.54) is 6.92 Å². The molecule has 1 heterocycles. The Morgan fingerprint density at radius 3 is 2.38 bits per heavy atom. The predicted molar refractivity (Wildman–Crippen MR) is 120 cm³/mol. The van der Waals surface area contributed by atoms with Crippen molar-refractivity contribution in [2.24, 2.45) is 11.3 Å². The first-order chi connectivity index (χ1) is 15.0. The van der Waals surface area contributed by atoms with E-state index in [2.05, 4.69) is 0 Å². The molecule has 8 heteroatoms. The van der Waals surface area contributed by atoms with Gasteiger partial charge in [-0.1, -0.05) is 27.2 Å². The molecule has 0 bridgehead atoms. The third kappa shape index (κ3) is 9.27. The molecule has 2 unspecified atom stereocenters. The van der Waals surface area contributed by atoms with Crippen molar-refractivity contribution >= 4 is 23.6 Å². The van der Waals surface area contributed by atoms with Crippen LogP contribution in [0.2, 0.25) is 0 Å². The number of ether oxygens (including phenoxy) is 3. The Balaban J connectivity index is 2.41. The minimum absolute atomic E-state index is 0.00654. The molecule has 8 nitrogen and oxygen atoms in total. The average molecular weight is 456 g/mol. The molecule has 0 aromatic carbocycles. The highest BCUT2D eigenvalue weighted by Crippen LogP contribution is 2.29. The van der Waals surface area contributed by atoms with Gasteiger partial charge in [0.25, 0.3) is 0 Å². The summed E-state index contributed by atoms with van der Waals surface area (Å²) in [5, 5.41) is 0. The largest absolute Gasteiger partial charge is 0.463 e. The fraction of sp³-hybridized carbons (Fsp3) is 0.833. The van der Waals surface area contributed by atoms with E-state index in [9.17, 15) is 19.2 Å². The number of ketones is 1. The Bertz CT molecular complexity index is 644. The van der Waals surface area contributed by atoms with Gasteiger partial charge in [0.05, 0.1) is 17.9 Å². The number of carbonyl (C=O) groups excluding carboxylic acids is 4. The molecule has 0 spiro atoms. The summed E-state index contributed by atoms with van der Waals surface area (Å²) in [5.74, 6) is -1.27. The van der Waals surface area contributed by atoms with Crippen molar-refractivity contribution in [1.29, 1.82) is 0 Å². The van der Waals surface area contributed by atoms with E-state index in [1.807, 2.05) is 25.7 Å². The maximum atomic E-state index is 12.6. The molecule has 184 valence electrons. The normalized spacial score (nSPS) is 17.0. The molecule has 1 amide bonds. The topological polar surface area (TPSA) is 99.2 Å². The van der Waals surface area contributed by atoms with Crippen LogP contribution in [-0.4, -0.2) is 67.0 Å². The fourth-order valence-electron chi connectivity index (χ4n) is 3.59. The molecule has 32 heavy (non-hydrogen) atoms. The number of likely N-dealkylation sites (tertiary alicyclic amines) is 1. The summed E-state index contributed by atoms with van der Waals surface area (Å²) in [4.78, 5) is 50.5. The molecule has 1 rings (SSSR count). The van der Waals surface area contributed by atoms with Gasteiger partial charge in [-0.05, 0) is 46.5 Å². The first kappa shape index (κ1) is 28.1. The van der Waals surface area contributed by atoms with Gasteiger partial charge in [-0.3, -0.25) is 19.2 Å². The van der Waals surface area contributed by atoms with Crippen molar-refractivity contribution in [3.05, 3.63) is 0 Å². The molecule has 1 fully saturated rings. The molecule has 2 atom stereocenters. The van der Waals surface area contributed by atoms with Crippen LogP contribution in [0.1, 0.15) is 80.1 Å². The van der Waals surface area contributed by atoms with Crippen LogP contribution in [0, 0.1) is 11.3 Å². The molecule has 0 radical (unpaired) electrons. The van der Waals surface area contributed by atoms with E-state index in [0.29, 0.717) is 12.8 Å². The van der Waals surface area contributed by atoms with Gasteiger partial charge in [0.15, 0.2) is 11.9 Å². The number of rotatable bonds is 13. The lowest BCUT2D eigenvalue weighted by atomic mass is 9.84. The van der Waals surface area contributed by atoms with Crippen molar-refractivity contribution in [3.8, 4) is 0 Å². The summed E-state index contributed by atoms with van der Waals surface area (Å²) in [6.45, 7) is 11.2. The summed E-state index contributed by atoms with van der Waals surface area (Å²) in [7, 11) is 0. The maximum absolute atomic E-state index is 12.6. The Hall–Kier alpha value is -1.96. The summed E-state index contributed by atoms with van der Waals surface area (Å²) in [6.07, 6.45) is 4.01. The van der Waals surface area contributed by atoms with Gasteiger partial charge in [-0.15, -0.1) is 0 Å². The van der Waals surface area contributed by atoms with Crippen LogP contribution in [0.25, 0.3) is 0 Å². The molecular weight excluding hydrogens is 414 g/mol. The van der Waals surface area contributed by atoms with Gasteiger partial charge in [0.1, 0.15) is 13.2 Å². The third-order valence-corrected chi connectivity index (χ3v) is 5.74. The van der Waals surface area contributed by atoms with Crippen molar-refractivity contribution in [2.75, 3.05) is 26.4 Å². The monoisotopic (exact) mass is 455 g/mol. The van der Waals surface area contributed by atoms with Crippen LogP contribution in [0.4, 0.5) is 0 Å². The second kappa shape index (κ2) is 13.6. The van der Waals surface area contributed by atoms with E-state index < -0.39 is 17.5 Å². The third-order valence-electron chi connectivity index (χ3n) is 5.74. The fourth-order valence-corrected chi connectivity index (χ4v) is 3.59. The van der Waals surface area contributed by atoms with Gasteiger partial charge >= 0.3 is 11.9 Å².